The van der Waals surface area contributed by atoms with Crippen LogP contribution in [0.15, 0.2) is 39.5 Å². The largest absolute Gasteiger partial charge is 0.417 e. The second kappa shape index (κ2) is 4.11. The van der Waals surface area contributed by atoms with Gasteiger partial charge in [0.25, 0.3) is 11.5 Å². The molecule has 4 aromatic rings. The summed E-state index contributed by atoms with van der Waals surface area (Å²) in [6.45, 7) is 1.94. The summed E-state index contributed by atoms with van der Waals surface area (Å²) in [4.78, 5) is 8.83. The molecule has 0 aliphatic heterocycles. The molecule has 1 aromatic carbocycles. The standard InChI is InChI=1S/C13H8BrN5O/c1-7-10-12(17-13-18-15-6-19(7)13)20-11(16-10)8-2-4-9(14)5-3-8/h2-6H,1H3. The molecule has 0 N–H and O–H groups in total. The quantitative estimate of drug-likeness (QED) is 0.537. The molecule has 0 aliphatic carbocycles. The molecule has 20 heavy (non-hydrogen) atoms. The van der Waals surface area contributed by atoms with E-state index in [2.05, 4.69) is 36.1 Å². The Bertz CT molecular complexity index is 925. The molecule has 0 spiro atoms. The van der Waals surface area contributed by atoms with Crippen LogP contribution >= 0.6 is 15.9 Å². The number of hydrogen-bond donors (Lipinski definition) is 0. The predicted octanol–water partition coefficient (Wildman–Crippen LogP) is 3.00. The van der Waals surface area contributed by atoms with Gasteiger partial charge in [0.1, 0.15) is 11.8 Å². The topological polar surface area (TPSA) is 69.1 Å². The van der Waals surface area contributed by atoms with Crippen LogP contribution in [-0.2, 0) is 0 Å². The number of halogens is 1. The molecule has 98 valence electrons. The zero-order chi connectivity index (χ0) is 13.7. The first kappa shape index (κ1) is 11.5. The summed E-state index contributed by atoms with van der Waals surface area (Å²) in [5.74, 6) is 1.05. The van der Waals surface area contributed by atoms with Gasteiger partial charge in [-0.1, -0.05) is 15.9 Å². The van der Waals surface area contributed by atoms with Gasteiger partial charge in [0, 0.05) is 10.0 Å². The highest BCUT2D eigenvalue weighted by Gasteiger charge is 2.14. The minimum atomic E-state index is 0.473. The summed E-state index contributed by atoms with van der Waals surface area (Å²) in [5, 5.41) is 7.76. The average molecular weight is 330 g/mol. The van der Waals surface area contributed by atoms with Gasteiger partial charge >= 0.3 is 0 Å². The number of hydrogen-bond acceptors (Lipinski definition) is 5. The van der Waals surface area contributed by atoms with Gasteiger partial charge in [0.15, 0.2) is 0 Å². The molecule has 0 aliphatic rings. The van der Waals surface area contributed by atoms with Crippen molar-refractivity contribution < 1.29 is 4.42 Å². The number of aromatic nitrogens is 5. The fraction of sp³-hybridized carbons (Fsp3) is 0.0769. The zero-order valence-corrected chi connectivity index (χ0v) is 12.0. The van der Waals surface area contributed by atoms with Crippen molar-refractivity contribution in [3.8, 4) is 11.5 Å². The van der Waals surface area contributed by atoms with E-state index >= 15 is 0 Å². The van der Waals surface area contributed by atoms with Gasteiger partial charge in [-0.15, -0.1) is 10.2 Å². The van der Waals surface area contributed by atoms with Crippen molar-refractivity contribution in [3.05, 3.63) is 40.8 Å². The summed E-state index contributed by atoms with van der Waals surface area (Å²) in [6, 6.07) is 7.77. The van der Waals surface area contributed by atoms with Crippen molar-refractivity contribution in [1.29, 1.82) is 0 Å². The summed E-state index contributed by atoms with van der Waals surface area (Å²) in [7, 11) is 0. The van der Waals surface area contributed by atoms with Crippen molar-refractivity contribution in [2.45, 2.75) is 6.92 Å². The third kappa shape index (κ3) is 1.63. The van der Waals surface area contributed by atoms with Gasteiger partial charge in [-0.2, -0.15) is 4.98 Å². The summed E-state index contributed by atoms with van der Waals surface area (Å²) in [5.41, 5.74) is 3.00. The Morgan fingerprint density at radius 2 is 1.95 bits per heavy atom. The maximum absolute atomic E-state index is 5.73. The predicted molar refractivity (Wildman–Crippen MR) is 76.2 cm³/mol. The maximum atomic E-state index is 5.73. The summed E-state index contributed by atoms with van der Waals surface area (Å²) < 4.78 is 8.53. The third-order valence-corrected chi connectivity index (χ3v) is 3.66. The Labute approximate surface area is 121 Å². The van der Waals surface area contributed by atoms with Gasteiger partial charge in [0.05, 0.1) is 5.69 Å². The van der Waals surface area contributed by atoms with E-state index in [1.165, 1.54) is 0 Å². The highest BCUT2D eigenvalue weighted by atomic mass is 79.9. The van der Waals surface area contributed by atoms with Crippen LogP contribution in [0, 0.1) is 6.92 Å². The number of benzene rings is 1. The molecule has 0 radical (unpaired) electrons. The second-order valence-corrected chi connectivity index (χ2v) is 5.29. The molecule has 0 bridgehead atoms. The van der Waals surface area contributed by atoms with Crippen LogP contribution in [0.1, 0.15) is 5.69 Å². The minimum Gasteiger partial charge on any atom is -0.417 e. The van der Waals surface area contributed by atoms with Crippen LogP contribution in [0.4, 0.5) is 0 Å². The lowest BCUT2D eigenvalue weighted by Gasteiger charge is -1.95. The lowest BCUT2D eigenvalue weighted by molar-refractivity contribution is 0.608. The Morgan fingerprint density at radius 3 is 2.75 bits per heavy atom. The zero-order valence-electron chi connectivity index (χ0n) is 10.4. The van der Waals surface area contributed by atoms with Crippen molar-refractivity contribution in [3.63, 3.8) is 0 Å². The first-order valence-corrected chi connectivity index (χ1v) is 6.74. The number of rotatable bonds is 1. The molecule has 0 amide bonds. The molecule has 6 nitrogen and oxygen atoms in total. The number of fused-ring (bicyclic) bond motifs is 2. The average Bonchev–Trinajstić information content (AvgIpc) is 3.06. The highest BCUT2D eigenvalue weighted by Crippen LogP contribution is 2.26. The minimum absolute atomic E-state index is 0.473. The van der Waals surface area contributed by atoms with E-state index in [1.807, 2.05) is 31.2 Å². The van der Waals surface area contributed by atoms with E-state index in [4.69, 9.17) is 4.42 Å². The van der Waals surface area contributed by atoms with E-state index in [-0.39, 0.29) is 0 Å². The van der Waals surface area contributed by atoms with Crippen LogP contribution in [0.5, 0.6) is 0 Å². The number of oxazole rings is 1. The lowest BCUT2D eigenvalue weighted by atomic mass is 10.2. The maximum Gasteiger partial charge on any atom is 0.258 e. The van der Waals surface area contributed by atoms with Crippen LogP contribution in [0.25, 0.3) is 28.5 Å². The molecule has 3 heterocycles. The van der Waals surface area contributed by atoms with Gasteiger partial charge < -0.3 is 4.42 Å². The lowest BCUT2D eigenvalue weighted by Crippen LogP contribution is -1.94. The van der Waals surface area contributed by atoms with Crippen molar-refractivity contribution in [2.24, 2.45) is 0 Å². The fourth-order valence-corrected chi connectivity index (χ4v) is 2.35. The number of aryl methyl sites for hydroxylation is 1. The van der Waals surface area contributed by atoms with Crippen LogP contribution in [0.2, 0.25) is 0 Å². The van der Waals surface area contributed by atoms with E-state index in [9.17, 15) is 0 Å². The van der Waals surface area contributed by atoms with Gasteiger partial charge in [-0.25, -0.2) is 4.98 Å². The van der Waals surface area contributed by atoms with E-state index in [0.29, 0.717) is 17.4 Å². The van der Waals surface area contributed by atoms with Crippen molar-refractivity contribution in [1.82, 2.24) is 24.6 Å². The van der Waals surface area contributed by atoms with E-state index < -0.39 is 0 Å². The molecule has 0 saturated heterocycles. The molecule has 7 heteroatoms. The van der Waals surface area contributed by atoms with Crippen LogP contribution in [0.3, 0.4) is 0 Å². The summed E-state index contributed by atoms with van der Waals surface area (Å²) in [6.07, 6.45) is 1.62. The first-order valence-electron chi connectivity index (χ1n) is 5.95. The third-order valence-electron chi connectivity index (χ3n) is 3.14. The SMILES string of the molecule is Cc1c2nc(-c3ccc(Br)cc3)oc2nc2nncn12. The Kier molecular flexibility index (Phi) is 2.37. The van der Waals surface area contributed by atoms with Crippen molar-refractivity contribution in [2.75, 3.05) is 0 Å². The van der Waals surface area contributed by atoms with Crippen LogP contribution < -0.4 is 0 Å². The second-order valence-electron chi connectivity index (χ2n) is 4.38. The Morgan fingerprint density at radius 1 is 1.15 bits per heavy atom. The van der Waals surface area contributed by atoms with Gasteiger partial charge in [0.2, 0.25) is 5.89 Å². The molecule has 4 rings (SSSR count). The normalized spacial score (nSPS) is 11.5. The fourth-order valence-electron chi connectivity index (χ4n) is 2.09. The molecule has 0 fully saturated rings. The molecule has 3 aromatic heterocycles. The molecular weight excluding hydrogens is 322 g/mol. The van der Waals surface area contributed by atoms with Crippen LogP contribution in [-0.4, -0.2) is 24.6 Å². The summed E-state index contributed by atoms with van der Waals surface area (Å²) >= 11 is 3.41. The molecule has 0 unspecified atom stereocenters. The Hall–Kier alpha value is -2.28. The van der Waals surface area contributed by atoms with E-state index in [0.717, 1.165) is 21.2 Å². The van der Waals surface area contributed by atoms with Gasteiger partial charge in [-0.05, 0) is 31.2 Å². The smallest absolute Gasteiger partial charge is 0.258 e. The highest BCUT2D eigenvalue weighted by molar-refractivity contribution is 9.10. The molecular formula is C13H8BrN5O. The monoisotopic (exact) mass is 329 g/mol. The molecule has 0 saturated carbocycles. The van der Waals surface area contributed by atoms with Crippen molar-refractivity contribution >= 4 is 32.9 Å². The Balaban J connectivity index is 1.98. The number of nitrogens with zero attached hydrogens (tertiary/aromatic N) is 5. The van der Waals surface area contributed by atoms with Gasteiger partial charge in [-0.3, -0.25) is 4.40 Å². The van der Waals surface area contributed by atoms with E-state index in [1.54, 1.807) is 10.7 Å². The molecule has 0 atom stereocenters. The first-order chi connectivity index (χ1) is 9.72.